The fourth-order valence-electron chi connectivity index (χ4n) is 1.74. The predicted octanol–water partition coefficient (Wildman–Crippen LogP) is 0.969. The third kappa shape index (κ3) is 3.17. The van der Waals surface area contributed by atoms with Gasteiger partial charge in [-0.1, -0.05) is 6.92 Å². The van der Waals surface area contributed by atoms with Gasteiger partial charge in [-0.3, -0.25) is 0 Å². The van der Waals surface area contributed by atoms with Crippen LogP contribution in [0.4, 0.5) is 0 Å². The van der Waals surface area contributed by atoms with Crippen LogP contribution in [0.3, 0.4) is 0 Å². The molecule has 0 spiro atoms. The number of aryl methyl sites for hydroxylation is 3. The molecule has 0 unspecified atom stereocenters. The van der Waals surface area contributed by atoms with E-state index in [0.29, 0.717) is 0 Å². The van der Waals surface area contributed by atoms with Gasteiger partial charge in [0.25, 0.3) is 0 Å². The van der Waals surface area contributed by atoms with Crippen LogP contribution in [0.1, 0.15) is 18.4 Å². The first-order chi connectivity index (χ1) is 8.29. The van der Waals surface area contributed by atoms with Gasteiger partial charge in [-0.25, -0.2) is 9.97 Å². The maximum absolute atomic E-state index is 4.35. The highest BCUT2D eigenvalue weighted by Gasteiger charge is 2.01. The fourth-order valence-corrected chi connectivity index (χ4v) is 1.74. The van der Waals surface area contributed by atoms with Crippen LogP contribution >= 0.6 is 0 Å². The smallest absolute Gasteiger partial charge is 0.110 e. The SMILES string of the molecule is CCNCc1cn(CCc2nccn2C)cn1. The molecule has 2 aromatic heterocycles. The molecular weight excluding hydrogens is 214 g/mol. The van der Waals surface area contributed by atoms with E-state index in [1.54, 1.807) is 0 Å². The van der Waals surface area contributed by atoms with Crippen LogP contribution in [0.15, 0.2) is 24.9 Å². The summed E-state index contributed by atoms with van der Waals surface area (Å²) in [5, 5.41) is 3.26. The number of nitrogens with one attached hydrogen (secondary N) is 1. The molecule has 0 atom stereocenters. The van der Waals surface area contributed by atoms with Crippen molar-refractivity contribution in [2.45, 2.75) is 26.4 Å². The quantitative estimate of drug-likeness (QED) is 0.808. The average Bonchev–Trinajstić information content (AvgIpc) is 2.93. The van der Waals surface area contributed by atoms with Gasteiger partial charge in [-0.05, 0) is 6.54 Å². The number of nitrogens with zero attached hydrogens (tertiary/aromatic N) is 4. The summed E-state index contributed by atoms with van der Waals surface area (Å²) >= 11 is 0. The van der Waals surface area contributed by atoms with Gasteiger partial charge in [-0.2, -0.15) is 0 Å². The molecule has 0 amide bonds. The topological polar surface area (TPSA) is 47.7 Å². The minimum Gasteiger partial charge on any atom is -0.338 e. The van der Waals surface area contributed by atoms with Crippen LogP contribution in [-0.4, -0.2) is 25.6 Å². The summed E-state index contributed by atoms with van der Waals surface area (Å²) in [4.78, 5) is 8.65. The van der Waals surface area contributed by atoms with Crippen molar-refractivity contribution in [2.75, 3.05) is 6.54 Å². The van der Waals surface area contributed by atoms with Crippen molar-refractivity contribution in [2.24, 2.45) is 7.05 Å². The molecule has 0 bridgehead atoms. The minimum atomic E-state index is 0.839. The standard InChI is InChI=1S/C12H19N5/c1-3-13-8-11-9-17(10-15-11)6-4-12-14-5-7-16(12)2/h5,7,9-10,13H,3-4,6,8H2,1-2H3. The molecule has 0 aliphatic carbocycles. The summed E-state index contributed by atoms with van der Waals surface area (Å²) in [5.74, 6) is 1.10. The molecule has 0 fully saturated rings. The van der Waals surface area contributed by atoms with Crippen molar-refractivity contribution in [3.05, 3.63) is 36.4 Å². The summed E-state index contributed by atoms with van der Waals surface area (Å²) < 4.78 is 4.16. The molecule has 0 radical (unpaired) electrons. The van der Waals surface area contributed by atoms with Crippen molar-refractivity contribution in [3.8, 4) is 0 Å². The van der Waals surface area contributed by atoms with Gasteiger partial charge < -0.3 is 14.5 Å². The van der Waals surface area contributed by atoms with Crippen molar-refractivity contribution < 1.29 is 0 Å². The molecule has 0 saturated carbocycles. The molecule has 2 aromatic rings. The second-order valence-electron chi connectivity index (χ2n) is 4.09. The zero-order chi connectivity index (χ0) is 12.1. The molecule has 2 rings (SSSR count). The van der Waals surface area contributed by atoms with E-state index in [-0.39, 0.29) is 0 Å². The molecule has 5 nitrogen and oxygen atoms in total. The highest BCUT2D eigenvalue weighted by Crippen LogP contribution is 2.01. The number of imidazole rings is 2. The lowest BCUT2D eigenvalue weighted by Crippen LogP contribution is -2.11. The average molecular weight is 233 g/mol. The maximum Gasteiger partial charge on any atom is 0.110 e. The van der Waals surface area contributed by atoms with E-state index in [4.69, 9.17) is 0 Å². The highest BCUT2D eigenvalue weighted by molar-refractivity contribution is 4.97. The van der Waals surface area contributed by atoms with Crippen molar-refractivity contribution in [3.63, 3.8) is 0 Å². The van der Waals surface area contributed by atoms with Crippen molar-refractivity contribution in [1.29, 1.82) is 0 Å². The number of hydrogen-bond donors (Lipinski definition) is 1. The van der Waals surface area contributed by atoms with Crippen LogP contribution in [0.5, 0.6) is 0 Å². The van der Waals surface area contributed by atoms with Crippen LogP contribution < -0.4 is 5.32 Å². The van der Waals surface area contributed by atoms with Gasteiger partial charge in [0.05, 0.1) is 12.0 Å². The van der Waals surface area contributed by atoms with E-state index in [9.17, 15) is 0 Å². The molecule has 0 aromatic carbocycles. The second-order valence-corrected chi connectivity index (χ2v) is 4.09. The third-order valence-corrected chi connectivity index (χ3v) is 2.76. The van der Waals surface area contributed by atoms with Crippen LogP contribution in [-0.2, 0) is 26.6 Å². The molecule has 2 heterocycles. The van der Waals surface area contributed by atoms with Gasteiger partial charge in [0.2, 0.25) is 0 Å². The maximum atomic E-state index is 4.35. The van der Waals surface area contributed by atoms with Crippen LogP contribution in [0.2, 0.25) is 0 Å². The van der Waals surface area contributed by atoms with Gasteiger partial charge in [-0.15, -0.1) is 0 Å². The van der Waals surface area contributed by atoms with E-state index in [1.807, 2.05) is 25.8 Å². The molecule has 5 heteroatoms. The first-order valence-electron chi connectivity index (χ1n) is 5.97. The zero-order valence-electron chi connectivity index (χ0n) is 10.4. The summed E-state index contributed by atoms with van der Waals surface area (Å²) in [6.45, 7) is 4.83. The Morgan fingerprint density at radius 2 is 2.24 bits per heavy atom. The Labute approximate surface area is 102 Å². The summed E-state index contributed by atoms with van der Waals surface area (Å²) in [5.41, 5.74) is 1.09. The number of hydrogen-bond acceptors (Lipinski definition) is 3. The van der Waals surface area contributed by atoms with E-state index in [0.717, 1.165) is 37.6 Å². The van der Waals surface area contributed by atoms with E-state index >= 15 is 0 Å². The van der Waals surface area contributed by atoms with Gasteiger partial charge >= 0.3 is 0 Å². The highest BCUT2D eigenvalue weighted by atomic mass is 15.1. The lowest BCUT2D eigenvalue weighted by molar-refractivity contribution is 0.648. The molecule has 0 aliphatic rings. The Morgan fingerprint density at radius 3 is 2.94 bits per heavy atom. The van der Waals surface area contributed by atoms with Crippen LogP contribution in [0, 0.1) is 0 Å². The predicted molar refractivity (Wildman–Crippen MR) is 66.5 cm³/mol. The first kappa shape index (κ1) is 11.9. The van der Waals surface area contributed by atoms with E-state index in [1.165, 1.54) is 0 Å². The van der Waals surface area contributed by atoms with E-state index in [2.05, 4.69) is 37.5 Å². The third-order valence-electron chi connectivity index (χ3n) is 2.76. The fraction of sp³-hybridized carbons (Fsp3) is 0.500. The minimum absolute atomic E-state index is 0.839. The Bertz CT molecular complexity index is 457. The number of rotatable bonds is 6. The lowest BCUT2D eigenvalue weighted by Gasteiger charge is -2.02. The summed E-state index contributed by atoms with van der Waals surface area (Å²) in [6, 6.07) is 0. The Hall–Kier alpha value is -1.62. The van der Waals surface area contributed by atoms with Gasteiger partial charge in [0.1, 0.15) is 5.82 Å². The zero-order valence-corrected chi connectivity index (χ0v) is 10.4. The lowest BCUT2D eigenvalue weighted by atomic mass is 10.4. The van der Waals surface area contributed by atoms with Crippen molar-refractivity contribution >= 4 is 0 Å². The van der Waals surface area contributed by atoms with Crippen molar-refractivity contribution in [1.82, 2.24) is 24.4 Å². The first-order valence-corrected chi connectivity index (χ1v) is 5.97. The molecule has 17 heavy (non-hydrogen) atoms. The molecule has 0 saturated heterocycles. The van der Waals surface area contributed by atoms with Gasteiger partial charge in [0, 0.05) is 45.1 Å². The molecule has 0 aliphatic heterocycles. The monoisotopic (exact) mass is 233 g/mol. The summed E-state index contributed by atoms with van der Waals surface area (Å²) in [7, 11) is 2.02. The Morgan fingerprint density at radius 1 is 1.35 bits per heavy atom. The second kappa shape index (κ2) is 5.63. The molecule has 92 valence electrons. The largest absolute Gasteiger partial charge is 0.338 e. The van der Waals surface area contributed by atoms with E-state index < -0.39 is 0 Å². The van der Waals surface area contributed by atoms with Gasteiger partial charge in [0.15, 0.2) is 0 Å². The normalized spacial score (nSPS) is 10.9. The van der Waals surface area contributed by atoms with Crippen LogP contribution in [0.25, 0.3) is 0 Å². The molecular formula is C12H19N5. The Kier molecular flexibility index (Phi) is 3.93. The summed E-state index contributed by atoms with van der Waals surface area (Å²) in [6.07, 6.45) is 8.71. The Balaban J connectivity index is 1.87. The molecule has 1 N–H and O–H groups in total. The number of aromatic nitrogens is 4.